The molecular formula is C11H15NS. The number of aromatic nitrogens is 1. The fraction of sp³-hybridized carbons (Fsp3) is 0.455. The van der Waals surface area contributed by atoms with Gasteiger partial charge in [-0.25, -0.2) is 0 Å². The largest absolute Gasteiger partial charge is 0.347 e. The third-order valence-electron chi connectivity index (χ3n) is 2.98. The molecule has 2 aromatic heterocycles. The second-order valence-electron chi connectivity index (χ2n) is 3.71. The molecule has 0 atom stereocenters. The van der Waals surface area contributed by atoms with Gasteiger partial charge in [0.05, 0.1) is 5.52 Å². The summed E-state index contributed by atoms with van der Waals surface area (Å²) in [7, 11) is 2.16. The van der Waals surface area contributed by atoms with Crippen molar-refractivity contribution in [2.45, 2.75) is 27.7 Å². The smallest absolute Gasteiger partial charge is 0.0623 e. The molecule has 0 aliphatic heterocycles. The van der Waals surface area contributed by atoms with Crippen molar-refractivity contribution in [3.63, 3.8) is 0 Å². The Labute approximate surface area is 83.0 Å². The second-order valence-corrected chi connectivity index (χ2v) is 5.14. The van der Waals surface area contributed by atoms with Gasteiger partial charge in [-0.1, -0.05) is 0 Å². The first kappa shape index (κ1) is 8.82. The SMILES string of the molecule is Cc1sc(C)c2c1c(C)c(C)n2C. The third-order valence-corrected chi connectivity index (χ3v) is 3.99. The number of fused-ring (bicyclic) bond motifs is 1. The highest BCUT2D eigenvalue weighted by molar-refractivity contribution is 7.13. The topological polar surface area (TPSA) is 4.93 Å². The van der Waals surface area contributed by atoms with Gasteiger partial charge in [-0.05, 0) is 33.3 Å². The van der Waals surface area contributed by atoms with Crippen LogP contribution in [0.25, 0.3) is 10.9 Å². The van der Waals surface area contributed by atoms with E-state index in [2.05, 4.69) is 39.3 Å². The molecule has 0 unspecified atom stereocenters. The minimum Gasteiger partial charge on any atom is -0.347 e. The van der Waals surface area contributed by atoms with Crippen LogP contribution >= 0.6 is 11.3 Å². The van der Waals surface area contributed by atoms with Crippen LogP contribution in [0.1, 0.15) is 21.0 Å². The molecule has 2 aromatic rings. The fourth-order valence-corrected chi connectivity index (χ4v) is 3.26. The van der Waals surface area contributed by atoms with Crippen molar-refractivity contribution in [2.24, 2.45) is 7.05 Å². The van der Waals surface area contributed by atoms with E-state index in [1.165, 1.54) is 31.9 Å². The van der Waals surface area contributed by atoms with Crippen LogP contribution in [0.15, 0.2) is 0 Å². The van der Waals surface area contributed by atoms with Crippen molar-refractivity contribution in [3.8, 4) is 0 Å². The van der Waals surface area contributed by atoms with E-state index in [-0.39, 0.29) is 0 Å². The highest BCUT2D eigenvalue weighted by Crippen LogP contribution is 2.35. The molecule has 0 aliphatic carbocycles. The summed E-state index contributed by atoms with van der Waals surface area (Å²) in [6, 6.07) is 0. The molecule has 2 heteroatoms. The van der Waals surface area contributed by atoms with Crippen molar-refractivity contribution < 1.29 is 0 Å². The number of hydrogen-bond donors (Lipinski definition) is 0. The van der Waals surface area contributed by atoms with Crippen molar-refractivity contribution >= 4 is 22.2 Å². The van der Waals surface area contributed by atoms with E-state index >= 15 is 0 Å². The zero-order chi connectivity index (χ0) is 9.75. The average Bonchev–Trinajstić information content (AvgIpc) is 2.47. The summed E-state index contributed by atoms with van der Waals surface area (Å²) in [6.45, 7) is 8.83. The highest BCUT2D eigenvalue weighted by atomic mass is 32.1. The van der Waals surface area contributed by atoms with Crippen LogP contribution in [0.2, 0.25) is 0 Å². The van der Waals surface area contributed by atoms with E-state index < -0.39 is 0 Å². The molecule has 0 bridgehead atoms. The summed E-state index contributed by atoms with van der Waals surface area (Å²) in [5, 5.41) is 1.47. The Morgan fingerprint density at radius 1 is 1.00 bits per heavy atom. The van der Waals surface area contributed by atoms with Crippen molar-refractivity contribution in [1.29, 1.82) is 0 Å². The predicted molar refractivity (Wildman–Crippen MR) is 59.7 cm³/mol. The number of hydrogen-bond acceptors (Lipinski definition) is 1. The maximum Gasteiger partial charge on any atom is 0.0623 e. The van der Waals surface area contributed by atoms with Crippen LogP contribution in [0.5, 0.6) is 0 Å². The first-order valence-electron chi connectivity index (χ1n) is 4.55. The van der Waals surface area contributed by atoms with Crippen LogP contribution in [-0.2, 0) is 7.05 Å². The standard InChI is InChI=1S/C11H15NS/c1-6-7(2)12(5)11-9(4)13-8(3)10(6)11/h1-5H3. The molecule has 0 N–H and O–H groups in total. The fourth-order valence-electron chi connectivity index (χ4n) is 2.12. The molecule has 13 heavy (non-hydrogen) atoms. The zero-order valence-electron chi connectivity index (χ0n) is 8.86. The lowest BCUT2D eigenvalue weighted by molar-refractivity contribution is 0.909. The van der Waals surface area contributed by atoms with E-state index in [0.717, 1.165) is 0 Å². The minimum atomic E-state index is 1.39. The van der Waals surface area contributed by atoms with Gasteiger partial charge in [0.15, 0.2) is 0 Å². The van der Waals surface area contributed by atoms with Gasteiger partial charge in [0.25, 0.3) is 0 Å². The van der Waals surface area contributed by atoms with E-state index in [0.29, 0.717) is 0 Å². The zero-order valence-corrected chi connectivity index (χ0v) is 9.67. The van der Waals surface area contributed by atoms with Crippen molar-refractivity contribution in [3.05, 3.63) is 21.0 Å². The maximum atomic E-state index is 2.31. The normalized spacial score (nSPS) is 11.5. The van der Waals surface area contributed by atoms with Crippen molar-refractivity contribution in [1.82, 2.24) is 4.57 Å². The molecule has 0 radical (unpaired) electrons. The Hall–Kier alpha value is -0.760. The van der Waals surface area contributed by atoms with E-state index in [9.17, 15) is 0 Å². The molecule has 70 valence electrons. The van der Waals surface area contributed by atoms with Gasteiger partial charge in [0.2, 0.25) is 0 Å². The number of nitrogens with zero attached hydrogens (tertiary/aromatic N) is 1. The molecule has 0 spiro atoms. The van der Waals surface area contributed by atoms with Gasteiger partial charge in [0.1, 0.15) is 0 Å². The first-order valence-corrected chi connectivity index (χ1v) is 5.37. The van der Waals surface area contributed by atoms with Gasteiger partial charge in [-0.15, -0.1) is 11.3 Å². The molecule has 0 aliphatic rings. The number of aryl methyl sites for hydroxylation is 4. The summed E-state index contributed by atoms with van der Waals surface area (Å²) in [4.78, 5) is 2.89. The molecule has 0 amide bonds. The number of rotatable bonds is 0. The Morgan fingerprint density at radius 2 is 1.62 bits per heavy atom. The molecule has 1 nitrogen and oxygen atoms in total. The lowest BCUT2D eigenvalue weighted by Crippen LogP contribution is -1.90. The van der Waals surface area contributed by atoms with Crippen molar-refractivity contribution in [2.75, 3.05) is 0 Å². The maximum absolute atomic E-state index is 2.31. The molecule has 0 saturated carbocycles. The molecule has 0 fully saturated rings. The molecule has 2 heterocycles. The molecule has 2 rings (SSSR count). The Morgan fingerprint density at radius 3 is 2.15 bits per heavy atom. The van der Waals surface area contributed by atoms with Crippen LogP contribution < -0.4 is 0 Å². The van der Waals surface area contributed by atoms with Gasteiger partial charge < -0.3 is 4.57 Å². The second kappa shape index (κ2) is 2.61. The number of thiophene rings is 1. The minimum absolute atomic E-state index is 1.39. The summed E-state index contributed by atoms with van der Waals surface area (Å²) in [6.07, 6.45) is 0. The van der Waals surface area contributed by atoms with Crippen LogP contribution in [0.3, 0.4) is 0 Å². The average molecular weight is 193 g/mol. The molecule has 0 aromatic carbocycles. The van der Waals surface area contributed by atoms with Gasteiger partial charge in [0, 0.05) is 27.9 Å². The summed E-state index contributed by atoms with van der Waals surface area (Å²) >= 11 is 1.91. The Balaban J connectivity index is 3.05. The monoisotopic (exact) mass is 193 g/mol. The highest BCUT2D eigenvalue weighted by Gasteiger charge is 2.14. The van der Waals surface area contributed by atoms with Gasteiger partial charge >= 0.3 is 0 Å². The van der Waals surface area contributed by atoms with E-state index in [4.69, 9.17) is 0 Å². The molecular weight excluding hydrogens is 178 g/mol. The van der Waals surface area contributed by atoms with Crippen LogP contribution in [-0.4, -0.2) is 4.57 Å². The summed E-state index contributed by atoms with van der Waals surface area (Å²) in [5.41, 5.74) is 4.26. The van der Waals surface area contributed by atoms with Gasteiger partial charge in [-0.3, -0.25) is 0 Å². The first-order chi connectivity index (χ1) is 6.04. The Kier molecular flexibility index (Phi) is 1.77. The van der Waals surface area contributed by atoms with E-state index in [1.807, 2.05) is 11.3 Å². The summed E-state index contributed by atoms with van der Waals surface area (Å²) < 4.78 is 2.31. The Bertz CT molecular complexity index is 433. The summed E-state index contributed by atoms with van der Waals surface area (Å²) in [5.74, 6) is 0. The van der Waals surface area contributed by atoms with E-state index in [1.54, 1.807) is 0 Å². The van der Waals surface area contributed by atoms with Crippen LogP contribution in [0.4, 0.5) is 0 Å². The third kappa shape index (κ3) is 0.983. The lowest BCUT2D eigenvalue weighted by Gasteiger charge is -1.98. The van der Waals surface area contributed by atoms with Crippen LogP contribution in [0, 0.1) is 27.7 Å². The predicted octanol–water partition coefficient (Wildman–Crippen LogP) is 3.47. The molecule has 0 saturated heterocycles. The van der Waals surface area contributed by atoms with Gasteiger partial charge in [-0.2, -0.15) is 0 Å². The lowest BCUT2D eigenvalue weighted by atomic mass is 10.2. The quantitative estimate of drug-likeness (QED) is 0.603.